The van der Waals surface area contributed by atoms with Crippen LogP contribution in [0.5, 0.6) is 5.75 Å². The van der Waals surface area contributed by atoms with E-state index < -0.39 is 10.8 Å². The number of amides is 1. The van der Waals surface area contributed by atoms with Gasteiger partial charge < -0.3 is 15.8 Å². The molecule has 0 aliphatic rings. The second kappa shape index (κ2) is 8.84. The molecule has 0 unspecified atom stereocenters. The Balaban J connectivity index is 2.07. The van der Waals surface area contributed by atoms with Gasteiger partial charge in [-0.25, -0.2) is 0 Å². The monoisotopic (exact) mass is 357 g/mol. The number of ether oxygens (including phenoxy) is 1. The highest BCUT2D eigenvalue weighted by Gasteiger charge is 2.20. The number of aryl methyl sites for hydroxylation is 1. The number of nitro groups is 1. The number of rotatable bonds is 8. The molecule has 0 bridgehead atoms. The summed E-state index contributed by atoms with van der Waals surface area (Å²) in [6, 6.07) is 10.3. The third kappa shape index (κ3) is 4.95. The molecule has 7 heteroatoms. The summed E-state index contributed by atoms with van der Waals surface area (Å²) in [5, 5.41) is 13.8. The van der Waals surface area contributed by atoms with Crippen LogP contribution in [0.15, 0.2) is 36.4 Å². The summed E-state index contributed by atoms with van der Waals surface area (Å²) in [7, 11) is 0. The summed E-state index contributed by atoms with van der Waals surface area (Å²) >= 11 is 0. The number of carbonyl (C=O) groups is 1. The van der Waals surface area contributed by atoms with Crippen molar-refractivity contribution < 1.29 is 14.5 Å². The van der Waals surface area contributed by atoms with E-state index in [1.165, 1.54) is 6.07 Å². The molecule has 0 spiro atoms. The van der Waals surface area contributed by atoms with E-state index in [2.05, 4.69) is 12.2 Å². The Bertz CT molecular complexity index is 805. The van der Waals surface area contributed by atoms with Crippen molar-refractivity contribution in [3.05, 3.63) is 63.2 Å². The molecule has 0 saturated carbocycles. The number of nitrogen functional groups attached to an aromatic ring is 1. The second-order valence-electron chi connectivity index (χ2n) is 6.03. The van der Waals surface area contributed by atoms with Crippen molar-refractivity contribution >= 4 is 17.3 Å². The smallest absolute Gasteiger partial charge is 0.293 e. The molecule has 138 valence electrons. The molecule has 0 heterocycles. The Morgan fingerprint density at radius 3 is 2.77 bits per heavy atom. The lowest BCUT2D eigenvalue weighted by molar-refractivity contribution is -0.384. The molecule has 2 rings (SSSR count). The predicted octanol–water partition coefficient (Wildman–Crippen LogP) is 3.59. The third-order valence-electron chi connectivity index (χ3n) is 3.86. The Morgan fingerprint density at radius 1 is 1.31 bits per heavy atom. The van der Waals surface area contributed by atoms with E-state index in [0.717, 1.165) is 24.2 Å². The van der Waals surface area contributed by atoms with Crippen molar-refractivity contribution in [3.63, 3.8) is 0 Å². The molecular weight excluding hydrogens is 334 g/mol. The molecule has 0 aliphatic carbocycles. The van der Waals surface area contributed by atoms with Crippen LogP contribution in [0.1, 0.15) is 41.3 Å². The Morgan fingerprint density at radius 2 is 2.08 bits per heavy atom. The largest absolute Gasteiger partial charge is 0.494 e. The maximum Gasteiger partial charge on any atom is 0.293 e. The summed E-state index contributed by atoms with van der Waals surface area (Å²) in [4.78, 5) is 22.9. The fraction of sp³-hybridized carbons (Fsp3) is 0.316. The van der Waals surface area contributed by atoms with Crippen molar-refractivity contribution in [1.82, 2.24) is 5.32 Å². The number of carbonyl (C=O) groups excluding carboxylic acids is 1. The van der Waals surface area contributed by atoms with Gasteiger partial charge in [0.05, 0.1) is 17.1 Å². The Labute approximate surface area is 152 Å². The quantitative estimate of drug-likeness (QED) is 0.325. The number of nitrogens with one attached hydrogen (secondary N) is 1. The molecule has 26 heavy (non-hydrogen) atoms. The van der Waals surface area contributed by atoms with Gasteiger partial charge in [0.15, 0.2) is 0 Å². The molecule has 0 aromatic heterocycles. The molecule has 7 nitrogen and oxygen atoms in total. The number of hydrogen-bond acceptors (Lipinski definition) is 5. The van der Waals surface area contributed by atoms with Gasteiger partial charge in [0, 0.05) is 12.6 Å². The molecule has 2 aromatic rings. The molecule has 0 fully saturated rings. The molecule has 0 saturated heterocycles. The molecule has 1 amide bonds. The van der Waals surface area contributed by atoms with Crippen molar-refractivity contribution in [2.24, 2.45) is 0 Å². The van der Waals surface area contributed by atoms with Gasteiger partial charge in [-0.15, -0.1) is 0 Å². The van der Waals surface area contributed by atoms with Crippen molar-refractivity contribution in [2.45, 2.75) is 33.2 Å². The van der Waals surface area contributed by atoms with Crippen LogP contribution in [0.2, 0.25) is 0 Å². The minimum atomic E-state index is -0.587. The van der Waals surface area contributed by atoms with Crippen LogP contribution < -0.4 is 15.8 Å². The summed E-state index contributed by atoms with van der Waals surface area (Å²) in [6.45, 7) is 4.69. The van der Waals surface area contributed by atoms with Crippen LogP contribution >= 0.6 is 0 Å². The minimum absolute atomic E-state index is 0.104. The average molecular weight is 357 g/mol. The Kier molecular flexibility index (Phi) is 6.54. The Hall–Kier alpha value is -3.09. The van der Waals surface area contributed by atoms with Crippen LogP contribution in [-0.2, 0) is 6.54 Å². The molecule has 0 aliphatic heterocycles. The van der Waals surface area contributed by atoms with Gasteiger partial charge in [0.2, 0.25) is 0 Å². The number of nitro benzene ring substituents is 1. The maximum absolute atomic E-state index is 12.4. The number of nitrogens with two attached hydrogens (primary N) is 1. The normalized spacial score (nSPS) is 10.4. The fourth-order valence-electron chi connectivity index (χ4n) is 2.47. The fourth-order valence-corrected chi connectivity index (χ4v) is 2.47. The predicted molar refractivity (Wildman–Crippen MR) is 100 cm³/mol. The van der Waals surface area contributed by atoms with Crippen LogP contribution in [-0.4, -0.2) is 17.4 Å². The van der Waals surface area contributed by atoms with Gasteiger partial charge in [-0.05, 0) is 42.7 Å². The summed E-state index contributed by atoms with van der Waals surface area (Å²) in [6.07, 6.45) is 2.03. The first-order valence-corrected chi connectivity index (χ1v) is 8.46. The zero-order valence-electron chi connectivity index (χ0n) is 15.0. The third-order valence-corrected chi connectivity index (χ3v) is 3.86. The van der Waals surface area contributed by atoms with E-state index in [-0.39, 0.29) is 23.5 Å². The highest BCUT2D eigenvalue weighted by Crippen LogP contribution is 2.27. The van der Waals surface area contributed by atoms with E-state index in [9.17, 15) is 14.9 Å². The number of unbranched alkanes of at least 4 members (excludes halogenated alkanes) is 1. The van der Waals surface area contributed by atoms with Gasteiger partial charge in [0.25, 0.3) is 11.6 Å². The first kappa shape index (κ1) is 19.2. The maximum atomic E-state index is 12.4. The molecule has 3 N–H and O–H groups in total. The summed E-state index contributed by atoms with van der Waals surface area (Å²) < 4.78 is 5.65. The summed E-state index contributed by atoms with van der Waals surface area (Å²) in [5.41, 5.74) is 6.97. The molecule has 2 aromatic carbocycles. The lowest BCUT2D eigenvalue weighted by Gasteiger charge is -2.10. The van der Waals surface area contributed by atoms with E-state index >= 15 is 0 Å². The van der Waals surface area contributed by atoms with Crippen LogP contribution in [0.25, 0.3) is 0 Å². The first-order valence-electron chi connectivity index (χ1n) is 8.46. The van der Waals surface area contributed by atoms with Crippen molar-refractivity contribution in [2.75, 3.05) is 12.3 Å². The first-order chi connectivity index (χ1) is 12.4. The minimum Gasteiger partial charge on any atom is -0.494 e. The molecular formula is C19H23N3O4. The van der Waals surface area contributed by atoms with E-state index in [1.54, 1.807) is 13.0 Å². The van der Waals surface area contributed by atoms with Gasteiger partial charge >= 0.3 is 0 Å². The number of anilines is 1. The van der Waals surface area contributed by atoms with Crippen LogP contribution in [0, 0.1) is 17.0 Å². The van der Waals surface area contributed by atoms with Crippen LogP contribution in [0.3, 0.4) is 0 Å². The highest BCUT2D eigenvalue weighted by molar-refractivity contribution is 6.01. The second-order valence-corrected chi connectivity index (χ2v) is 6.03. The molecule has 0 atom stereocenters. The molecule has 0 radical (unpaired) electrons. The zero-order chi connectivity index (χ0) is 19.1. The van der Waals surface area contributed by atoms with Crippen molar-refractivity contribution in [1.29, 1.82) is 0 Å². The number of nitrogens with zero attached hydrogens (tertiary/aromatic N) is 1. The van der Waals surface area contributed by atoms with Gasteiger partial charge in [-0.3, -0.25) is 14.9 Å². The standard InChI is InChI=1S/C19H23N3O4/c1-3-4-8-26-15-7-5-6-14(11-15)12-21-19(23)16-9-13(2)10-17(18(16)20)22(24)25/h5-7,9-11H,3-4,8,12,20H2,1-2H3,(H,21,23). The van der Waals surface area contributed by atoms with E-state index in [4.69, 9.17) is 10.5 Å². The van der Waals surface area contributed by atoms with Gasteiger partial charge in [-0.2, -0.15) is 0 Å². The number of benzene rings is 2. The van der Waals surface area contributed by atoms with E-state index in [1.807, 2.05) is 24.3 Å². The number of hydrogen-bond donors (Lipinski definition) is 2. The SMILES string of the molecule is CCCCOc1cccc(CNC(=O)c2cc(C)cc([N+](=O)[O-])c2N)c1. The van der Waals surface area contributed by atoms with E-state index in [0.29, 0.717) is 12.2 Å². The lowest BCUT2D eigenvalue weighted by atomic mass is 10.1. The van der Waals surface area contributed by atoms with Gasteiger partial charge in [-0.1, -0.05) is 25.5 Å². The van der Waals surface area contributed by atoms with Gasteiger partial charge in [0.1, 0.15) is 11.4 Å². The highest BCUT2D eigenvalue weighted by atomic mass is 16.6. The summed E-state index contributed by atoms with van der Waals surface area (Å²) in [5.74, 6) is 0.294. The van der Waals surface area contributed by atoms with Crippen LogP contribution in [0.4, 0.5) is 11.4 Å². The average Bonchev–Trinajstić information content (AvgIpc) is 2.61. The lowest BCUT2D eigenvalue weighted by Crippen LogP contribution is -2.24. The zero-order valence-corrected chi connectivity index (χ0v) is 15.0. The topological polar surface area (TPSA) is 107 Å². The van der Waals surface area contributed by atoms with Crippen molar-refractivity contribution in [3.8, 4) is 5.75 Å².